The van der Waals surface area contributed by atoms with Crippen molar-refractivity contribution in [1.29, 1.82) is 0 Å². The lowest BCUT2D eigenvalue weighted by atomic mass is 10.0. The Morgan fingerprint density at radius 1 is 1.12 bits per heavy atom. The van der Waals surface area contributed by atoms with Gasteiger partial charge < -0.3 is 24.4 Å². The van der Waals surface area contributed by atoms with E-state index in [1.807, 2.05) is 12.1 Å². The fraction of sp³-hybridized carbons (Fsp3) is 0.619. The van der Waals surface area contributed by atoms with E-state index in [0.29, 0.717) is 25.6 Å². The van der Waals surface area contributed by atoms with E-state index in [2.05, 4.69) is 12.2 Å². The van der Waals surface area contributed by atoms with Crippen molar-refractivity contribution in [3.8, 4) is 11.5 Å². The van der Waals surface area contributed by atoms with Crippen molar-refractivity contribution in [1.82, 2.24) is 0 Å². The number of aliphatic hydroxyl groups excluding tert-OH is 1. The van der Waals surface area contributed by atoms with Gasteiger partial charge in [0, 0.05) is 13.0 Å². The molecule has 0 unspecified atom stereocenters. The summed E-state index contributed by atoms with van der Waals surface area (Å²) in [7, 11) is 1.55. The first kappa shape index (κ1) is 20.7. The highest BCUT2D eigenvalue weighted by molar-refractivity contribution is 5.41. The lowest BCUT2D eigenvalue weighted by Crippen LogP contribution is -2.28. The number of methoxy groups -OCH3 is 1. The fourth-order valence-electron chi connectivity index (χ4n) is 3.16. The molecular formula is C21H32O5. The molecule has 146 valence electrons. The summed E-state index contributed by atoms with van der Waals surface area (Å²) >= 11 is 0. The molecule has 2 N–H and O–H groups in total. The largest absolute Gasteiger partial charge is 0.504 e. The number of aromatic hydroxyl groups is 1. The smallest absolute Gasteiger partial charge is 0.188 e. The highest BCUT2D eigenvalue weighted by Crippen LogP contribution is 2.30. The summed E-state index contributed by atoms with van der Waals surface area (Å²) in [5, 5.41) is 18.5. The predicted octanol–water partition coefficient (Wildman–Crippen LogP) is 3.97. The fourth-order valence-corrected chi connectivity index (χ4v) is 3.16. The molecule has 0 bridgehead atoms. The van der Waals surface area contributed by atoms with Crippen LogP contribution in [0.5, 0.6) is 11.5 Å². The number of ether oxygens (including phenoxy) is 3. The van der Waals surface area contributed by atoms with Gasteiger partial charge in [-0.15, -0.1) is 0 Å². The topological polar surface area (TPSA) is 68.2 Å². The van der Waals surface area contributed by atoms with Gasteiger partial charge in [0.05, 0.1) is 20.3 Å². The van der Waals surface area contributed by atoms with E-state index in [1.54, 1.807) is 13.2 Å². The number of aliphatic hydroxyl groups is 1. The first-order valence-electron chi connectivity index (χ1n) is 9.61. The van der Waals surface area contributed by atoms with E-state index in [4.69, 9.17) is 19.3 Å². The second-order valence-corrected chi connectivity index (χ2v) is 6.70. The number of hydrogen-bond donors (Lipinski definition) is 2. The number of phenols is 1. The number of aryl methyl sites for hydroxylation is 1. The van der Waals surface area contributed by atoms with Gasteiger partial charge in [0.1, 0.15) is 0 Å². The van der Waals surface area contributed by atoms with Gasteiger partial charge in [0.25, 0.3) is 0 Å². The lowest BCUT2D eigenvalue weighted by Gasteiger charge is -2.24. The minimum absolute atomic E-state index is 0.151. The molecule has 0 spiro atoms. The van der Waals surface area contributed by atoms with E-state index < -0.39 is 5.79 Å². The Hall–Kier alpha value is -1.56. The Morgan fingerprint density at radius 3 is 2.58 bits per heavy atom. The third-order valence-corrected chi connectivity index (χ3v) is 4.68. The van der Waals surface area contributed by atoms with E-state index >= 15 is 0 Å². The molecular weight excluding hydrogens is 332 g/mol. The van der Waals surface area contributed by atoms with E-state index in [0.717, 1.165) is 44.1 Å². The standard InChI is InChI=1S/C21H32O5/c1-24-20-17-18(9-10-19(20)23)11-13-21(25-15-16-26-21)12-7-5-3-2-4-6-8-14-22/h7,9-10,12,17,22-23H,2-6,8,11,13-16H2,1H3. The van der Waals surface area contributed by atoms with Crippen LogP contribution in [-0.2, 0) is 15.9 Å². The van der Waals surface area contributed by atoms with Crippen molar-refractivity contribution in [2.24, 2.45) is 0 Å². The number of phenolic OH excluding ortho intramolecular Hbond substituents is 1. The Morgan fingerprint density at radius 2 is 1.85 bits per heavy atom. The van der Waals surface area contributed by atoms with Crippen molar-refractivity contribution < 1.29 is 24.4 Å². The van der Waals surface area contributed by atoms with Crippen LogP contribution in [0.15, 0.2) is 30.4 Å². The molecule has 1 saturated heterocycles. The minimum Gasteiger partial charge on any atom is -0.504 e. The zero-order valence-corrected chi connectivity index (χ0v) is 15.8. The summed E-state index contributed by atoms with van der Waals surface area (Å²) < 4.78 is 16.9. The van der Waals surface area contributed by atoms with Gasteiger partial charge in [0.15, 0.2) is 17.3 Å². The third kappa shape index (κ3) is 6.63. The van der Waals surface area contributed by atoms with Crippen LogP contribution in [0.2, 0.25) is 0 Å². The SMILES string of the molecule is COc1cc(CCC2(C=CCCCCCCCO)OCCO2)ccc1O. The average Bonchev–Trinajstić information content (AvgIpc) is 3.12. The molecule has 5 heteroatoms. The van der Waals surface area contributed by atoms with E-state index in [9.17, 15) is 5.11 Å². The molecule has 2 rings (SSSR count). The molecule has 1 heterocycles. The van der Waals surface area contributed by atoms with Gasteiger partial charge in [-0.05, 0) is 49.5 Å². The van der Waals surface area contributed by atoms with Crippen LogP contribution in [-0.4, -0.2) is 42.9 Å². The van der Waals surface area contributed by atoms with E-state index in [1.165, 1.54) is 12.8 Å². The van der Waals surface area contributed by atoms with Crippen molar-refractivity contribution in [2.75, 3.05) is 26.9 Å². The molecule has 0 saturated carbocycles. The number of unbranched alkanes of at least 4 members (excludes halogenated alkanes) is 5. The van der Waals surface area contributed by atoms with Crippen LogP contribution in [0.1, 0.15) is 50.5 Å². The Labute approximate surface area is 156 Å². The average molecular weight is 364 g/mol. The van der Waals surface area contributed by atoms with Crippen molar-refractivity contribution in [2.45, 2.75) is 57.2 Å². The third-order valence-electron chi connectivity index (χ3n) is 4.68. The molecule has 1 fully saturated rings. The summed E-state index contributed by atoms with van der Waals surface area (Å²) in [4.78, 5) is 0. The molecule has 0 amide bonds. The quantitative estimate of drug-likeness (QED) is 0.434. The van der Waals surface area contributed by atoms with Crippen LogP contribution in [0, 0.1) is 0 Å². The molecule has 1 aliphatic heterocycles. The first-order valence-corrected chi connectivity index (χ1v) is 9.61. The maximum Gasteiger partial charge on any atom is 0.188 e. The highest BCUT2D eigenvalue weighted by atomic mass is 16.7. The van der Waals surface area contributed by atoms with E-state index in [-0.39, 0.29) is 5.75 Å². The van der Waals surface area contributed by atoms with Crippen LogP contribution >= 0.6 is 0 Å². The first-order chi connectivity index (χ1) is 12.7. The maximum atomic E-state index is 9.70. The summed E-state index contributed by atoms with van der Waals surface area (Å²) in [6.07, 6.45) is 12.3. The van der Waals surface area contributed by atoms with Crippen LogP contribution in [0.4, 0.5) is 0 Å². The number of rotatable bonds is 12. The lowest BCUT2D eigenvalue weighted by molar-refractivity contribution is -0.120. The molecule has 0 radical (unpaired) electrons. The minimum atomic E-state index is -0.637. The van der Waals surface area contributed by atoms with Crippen LogP contribution in [0.25, 0.3) is 0 Å². The van der Waals surface area contributed by atoms with Crippen LogP contribution in [0.3, 0.4) is 0 Å². The van der Waals surface area contributed by atoms with Crippen molar-refractivity contribution >= 4 is 0 Å². The summed E-state index contributed by atoms with van der Waals surface area (Å²) in [6, 6.07) is 5.41. The summed E-state index contributed by atoms with van der Waals surface area (Å²) in [5.74, 6) is 0.00177. The van der Waals surface area contributed by atoms with Crippen molar-refractivity contribution in [3.05, 3.63) is 35.9 Å². The molecule has 0 atom stereocenters. The van der Waals surface area contributed by atoms with Gasteiger partial charge in [0.2, 0.25) is 0 Å². The molecule has 0 aliphatic carbocycles. The molecule has 5 nitrogen and oxygen atoms in total. The Bertz CT molecular complexity index is 549. The molecule has 26 heavy (non-hydrogen) atoms. The summed E-state index contributed by atoms with van der Waals surface area (Å²) in [5.41, 5.74) is 1.08. The molecule has 0 aromatic heterocycles. The van der Waals surface area contributed by atoms with Crippen molar-refractivity contribution in [3.63, 3.8) is 0 Å². The van der Waals surface area contributed by atoms with Gasteiger partial charge in [-0.2, -0.15) is 0 Å². The highest BCUT2D eigenvalue weighted by Gasteiger charge is 2.33. The summed E-state index contributed by atoms with van der Waals surface area (Å²) in [6.45, 7) is 1.53. The Kier molecular flexibility index (Phi) is 8.95. The van der Waals surface area contributed by atoms with Gasteiger partial charge in [-0.25, -0.2) is 0 Å². The molecule has 1 aliphatic rings. The zero-order chi connectivity index (χ0) is 18.7. The second kappa shape index (κ2) is 11.2. The Balaban J connectivity index is 1.80. The van der Waals surface area contributed by atoms with Gasteiger partial charge in [-0.1, -0.05) is 31.4 Å². The monoisotopic (exact) mass is 364 g/mol. The number of benzene rings is 1. The van der Waals surface area contributed by atoms with Gasteiger partial charge >= 0.3 is 0 Å². The predicted molar refractivity (Wildman–Crippen MR) is 102 cm³/mol. The molecule has 1 aromatic rings. The van der Waals surface area contributed by atoms with Gasteiger partial charge in [-0.3, -0.25) is 0 Å². The number of allylic oxidation sites excluding steroid dienone is 1. The zero-order valence-electron chi connectivity index (χ0n) is 15.8. The second-order valence-electron chi connectivity index (χ2n) is 6.70. The maximum absolute atomic E-state index is 9.70. The van der Waals surface area contributed by atoms with Crippen LogP contribution < -0.4 is 4.74 Å². The molecule has 1 aromatic carbocycles. The number of hydrogen-bond acceptors (Lipinski definition) is 5. The normalized spacial score (nSPS) is 16.4.